The molecule has 0 bridgehead atoms. The molecule has 0 aliphatic carbocycles. The van der Waals surface area contributed by atoms with Crippen LogP contribution in [0.15, 0.2) is 71.3 Å². The van der Waals surface area contributed by atoms with Crippen molar-refractivity contribution in [2.24, 2.45) is 5.92 Å². The molecule has 41 heavy (non-hydrogen) atoms. The van der Waals surface area contributed by atoms with Crippen LogP contribution in [-0.4, -0.2) is 41.1 Å². The maximum absolute atomic E-state index is 13.2. The average Bonchev–Trinajstić information content (AvgIpc) is 3.43. The van der Waals surface area contributed by atoms with Crippen LogP contribution in [0.3, 0.4) is 0 Å². The molecule has 0 radical (unpaired) electrons. The molecule has 214 valence electrons. The zero-order valence-electron chi connectivity index (χ0n) is 23.8. The molecule has 9 heteroatoms. The maximum atomic E-state index is 13.2. The normalized spacial score (nSPS) is 14.6. The molecule has 1 N–H and O–H groups in total. The standard InChI is InChI=1S/C32H35ClN4O4/c1-32(2,3)23-11-9-21(10-12-23)30-35-29(41-36-30)20-37-17-15-22(16-18-37)31(38)34-25-19-24(33)13-14-26(25)40-28-8-6-5-7-27(28)39-4/h5-14,19,22H,15-18,20H2,1-4H3,(H,34,38). The third kappa shape index (κ3) is 7.07. The van der Waals surface area contributed by atoms with Gasteiger partial charge in [-0.05, 0) is 67.2 Å². The average molecular weight is 575 g/mol. The molecule has 1 aliphatic rings. The van der Waals surface area contributed by atoms with Gasteiger partial charge in [-0.15, -0.1) is 0 Å². The van der Waals surface area contributed by atoms with Gasteiger partial charge < -0.3 is 19.3 Å². The number of carbonyl (C=O) groups is 1. The molecule has 1 fully saturated rings. The van der Waals surface area contributed by atoms with E-state index in [1.807, 2.05) is 36.4 Å². The van der Waals surface area contributed by atoms with Crippen molar-refractivity contribution in [1.29, 1.82) is 0 Å². The Kier molecular flexibility index (Phi) is 8.61. The second-order valence-corrected chi connectivity index (χ2v) is 11.7. The van der Waals surface area contributed by atoms with Gasteiger partial charge >= 0.3 is 0 Å². The molecule has 1 amide bonds. The molecule has 5 rings (SSSR count). The van der Waals surface area contributed by atoms with Crippen molar-refractivity contribution in [3.8, 4) is 28.6 Å². The number of halogens is 1. The van der Waals surface area contributed by atoms with E-state index in [1.54, 1.807) is 25.3 Å². The summed E-state index contributed by atoms with van der Waals surface area (Å²) in [6, 6.07) is 20.8. The second kappa shape index (κ2) is 12.3. The number of anilines is 1. The molecule has 2 heterocycles. The van der Waals surface area contributed by atoms with Crippen LogP contribution in [0.2, 0.25) is 5.02 Å². The number of carbonyl (C=O) groups excluding carboxylic acids is 1. The molecule has 3 aromatic carbocycles. The number of rotatable bonds is 8. The summed E-state index contributed by atoms with van der Waals surface area (Å²) in [5.41, 5.74) is 2.79. The Labute approximate surface area is 245 Å². The van der Waals surface area contributed by atoms with Crippen molar-refractivity contribution in [3.63, 3.8) is 0 Å². The summed E-state index contributed by atoms with van der Waals surface area (Å²) < 4.78 is 17.0. The molecule has 1 saturated heterocycles. The molecule has 1 aromatic heterocycles. The Morgan fingerprint density at radius 2 is 1.73 bits per heavy atom. The van der Waals surface area contributed by atoms with Gasteiger partial charge in [-0.1, -0.05) is 73.9 Å². The molecule has 1 aliphatic heterocycles. The third-order valence-electron chi connectivity index (χ3n) is 7.28. The minimum Gasteiger partial charge on any atom is -0.493 e. The van der Waals surface area contributed by atoms with Gasteiger partial charge in [-0.2, -0.15) is 4.98 Å². The van der Waals surface area contributed by atoms with Crippen LogP contribution in [-0.2, 0) is 16.8 Å². The van der Waals surface area contributed by atoms with Gasteiger partial charge in [0.15, 0.2) is 17.2 Å². The Balaban J connectivity index is 1.16. The van der Waals surface area contributed by atoms with Crippen molar-refractivity contribution < 1.29 is 18.8 Å². The molecule has 4 aromatic rings. The van der Waals surface area contributed by atoms with Crippen molar-refractivity contribution in [1.82, 2.24) is 15.0 Å². The second-order valence-electron chi connectivity index (χ2n) is 11.3. The summed E-state index contributed by atoms with van der Waals surface area (Å²) in [7, 11) is 1.59. The first-order valence-corrected chi connectivity index (χ1v) is 14.1. The number of piperidine rings is 1. The lowest BCUT2D eigenvalue weighted by molar-refractivity contribution is -0.121. The van der Waals surface area contributed by atoms with Gasteiger partial charge in [0.05, 0.1) is 19.3 Å². The van der Waals surface area contributed by atoms with Crippen LogP contribution in [0.25, 0.3) is 11.4 Å². The molecule has 0 atom stereocenters. The highest BCUT2D eigenvalue weighted by Gasteiger charge is 2.27. The summed E-state index contributed by atoms with van der Waals surface area (Å²) in [4.78, 5) is 20.1. The van der Waals surface area contributed by atoms with E-state index in [9.17, 15) is 4.79 Å². The highest BCUT2D eigenvalue weighted by Crippen LogP contribution is 2.37. The Hall–Kier alpha value is -3.88. The van der Waals surface area contributed by atoms with Crippen LogP contribution < -0.4 is 14.8 Å². The van der Waals surface area contributed by atoms with Gasteiger partial charge in [-0.3, -0.25) is 9.69 Å². The third-order valence-corrected chi connectivity index (χ3v) is 7.52. The van der Waals surface area contributed by atoms with Gasteiger partial charge in [0, 0.05) is 16.5 Å². The van der Waals surface area contributed by atoms with E-state index in [0.29, 0.717) is 59.1 Å². The number of nitrogens with one attached hydrogen (secondary N) is 1. The Morgan fingerprint density at radius 1 is 1.02 bits per heavy atom. The Bertz CT molecular complexity index is 1490. The number of nitrogens with zero attached hydrogens (tertiary/aromatic N) is 3. The number of methoxy groups -OCH3 is 1. The lowest BCUT2D eigenvalue weighted by atomic mass is 9.87. The number of ether oxygens (including phenoxy) is 2. The quantitative estimate of drug-likeness (QED) is 0.235. The predicted octanol–water partition coefficient (Wildman–Crippen LogP) is 7.34. The highest BCUT2D eigenvalue weighted by atomic mass is 35.5. The number of para-hydroxylation sites is 2. The summed E-state index contributed by atoms with van der Waals surface area (Å²) in [6.07, 6.45) is 1.43. The van der Waals surface area contributed by atoms with E-state index in [-0.39, 0.29) is 17.2 Å². The van der Waals surface area contributed by atoms with Crippen molar-refractivity contribution >= 4 is 23.2 Å². The van der Waals surface area contributed by atoms with Crippen molar-refractivity contribution in [2.75, 3.05) is 25.5 Å². The minimum atomic E-state index is -0.135. The molecular formula is C32H35ClN4O4. The van der Waals surface area contributed by atoms with Crippen LogP contribution in [0.5, 0.6) is 17.2 Å². The van der Waals surface area contributed by atoms with Crippen LogP contribution in [0.1, 0.15) is 45.1 Å². The van der Waals surface area contributed by atoms with Gasteiger partial charge in [0.2, 0.25) is 17.6 Å². The fraction of sp³-hybridized carbons (Fsp3) is 0.344. The summed E-state index contributed by atoms with van der Waals surface area (Å²) >= 11 is 6.25. The van der Waals surface area contributed by atoms with E-state index in [0.717, 1.165) is 18.7 Å². The van der Waals surface area contributed by atoms with Crippen molar-refractivity contribution in [2.45, 2.75) is 45.6 Å². The first-order valence-electron chi connectivity index (χ1n) is 13.8. The number of hydrogen-bond donors (Lipinski definition) is 1. The lowest BCUT2D eigenvalue weighted by Crippen LogP contribution is -2.37. The number of hydrogen-bond acceptors (Lipinski definition) is 7. The molecule has 0 spiro atoms. The fourth-order valence-electron chi connectivity index (χ4n) is 4.85. The topological polar surface area (TPSA) is 89.7 Å². The summed E-state index contributed by atoms with van der Waals surface area (Å²) in [5.74, 6) is 2.60. The van der Waals surface area contributed by atoms with E-state index in [2.05, 4.69) is 53.3 Å². The zero-order valence-corrected chi connectivity index (χ0v) is 24.6. The lowest BCUT2D eigenvalue weighted by Gasteiger charge is -2.30. The minimum absolute atomic E-state index is 0.0597. The van der Waals surface area contributed by atoms with Crippen LogP contribution in [0, 0.1) is 5.92 Å². The maximum Gasteiger partial charge on any atom is 0.241 e. The number of likely N-dealkylation sites (tertiary alicyclic amines) is 1. The van der Waals surface area contributed by atoms with Crippen LogP contribution in [0.4, 0.5) is 5.69 Å². The van der Waals surface area contributed by atoms with Gasteiger partial charge in [0.25, 0.3) is 0 Å². The number of amides is 1. The van der Waals surface area contributed by atoms with E-state index < -0.39 is 0 Å². The SMILES string of the molecule is COc1ccccc1Oc1ccc(Cl)cc1NC(=O)C1CCN(Cc2nc(-c3ccc(C(C)(C)C)cc3)no2)CC1. The van der Waals surface area contributed by atoms with Gasteiger partial charge in [0.1, 0.15) is 0 Å². The predicted molar refractivity (Wildman–Crippen MR) is 160 cm³/mol. The fourth-order valence-corrected chi connectivity index (χ4v) is 5.02. The van der Waals surface area contributed by atoms with E-state index in [4.69, 9.17) is 25.6 Å². The summed E-state index contributed by atoms with van der Waals surface area (Å²) in [5, 5.41) is 7.72. The van der Waals surface area contributed by atoms with E-state index >= 15 is 0 Å². The number of aromatic nitrogens is 2. The molecule has 0 saturated carbocycles. The number of benzene rings is 3. The molecule has 0 unspecified atom stereocenters. The van der Waals surface area contributed by atoms with E-state index in [1.165, 1.54) is 5.56 Å². The van der Waals surface area contributed by atoms with Crippen LogP contribution >= 0.6 is 11.6 Å². The largest absolute Gasteiger partial charge is 0.493 e. The highest BCUT2D eigenvalue weighted by molar-refractivity contribution is 6.31. The monoisotopic (exact) mass is 574 g/mol. The zero-order chi connectivity index (χ0) is 29.0. The first-order chi connectivity index (χ1) is 19.7. The molecular weight excluding hydrogens is 540 g/mol. The smallest absolute Gasteiger partial charge is 0.241 e. The first kappa shape index (κ1) is 28.6. The summed E-state index contributed by atoms with van der Waals surface area (Å²) in [6.45, 7) is 8.61. The van der Waals surface area contributed by atoms with Crippen molar-refractivity contribution in [3.05, 3.63) is 83.2 Å². The molecule has 8 nitrogen and oxygen atoms in total. The Morgan fingerprint density at radius 3 is 2.41 bits per heavy atom. The van der Waals surface area contributed by atoms with Gasteiger partial charge in [-0.25, -0.2) is 0 Å².